The molecule has 2 N–H and O–H groups in total. The van der Waals surface area contributed by atoms with E-state index < -0.39 is 4.92 Å². The van der Waals surface area contributed by atoms with Crippen molar-refractivity contribution in [2.45, 2.75) is 27.3 Å². The second-order valence-corrected chi connectivity index (χ2v) is 5.85. The van der Waals surface area contributed by atoms with E-state index in [9.17, 15) is 19.7 Å². The predicted molar refractivity (Wildman–Crippen MR) is 92.2 cm³/mol. The predicted octanol–water partition coefficient (Wildman–Crippen LogP) is 2.33. The molecule has 0 saturated heterocycles. The summed E-state index contributed by atoms with van der Waals surface area (Å²) >= 11 is 0. The number of nitro groups is 1. The van der Waals surface area contributed by atoms with Gasteiger partial charge in [0.2, 0.25) is 11.8 Å². The average Bonchev–Trinajstić information content (AvgIpc) is 2.99. The standard InChI is InChI=1S/C16H19N5O4/c1-10(2)16(23)17-12-5-4-11(3)13(8-12)18-15(22)9-20-7-6-14(19-20)21(24)25/h4-8,10H,9H2,1-3H3,(H,17,23)(H,18,22). The minimum Gasteiger partial charge on any atom is -0.358 e. The lowest BCUT2D eigenvalue weighted by molar-refractivity contribution is -0.389. The number of aryl methyl sites for hydroxylation is 1. The van der Waals surface area contributed by atoms with E-state index in [1.54, 1.807) is 32.0 Å². The van der Waals surface area contributed by atoms with E-state index in [0.29, 0.717) is 11.4 Å². The summed E-state index contributed by atoms with van der Waals surface area (Å²) in [5.74, 6) is -0.976. The Morgan fingerprint density at radius 2 is 2.00 bits per heavy atom. The van der Waals surface area contributed by atoms with E-state index in [1.165, 1.54) is 16.9 Å². The van der Waals surface area contributed by atoms with Gasteiger partial charge >= 0.3 is 5.82 Å². The molecule has 0 spiro atoms. The van der Waals surface area contributed by atoms with Gasteiger partial charge in [-0.2, -0.15) is 4.68 Å². The van der Waals surface area contributed by atoms with Crippen molar-refractivity contribution in [2.24, 2.45) is 5.92 Å². The van der Waals surface area contributed by atoms with Gasteiger partial charge in [-0.25, -0.2) is 0 Å². The molecular formula is C16H19N5O4. The highest BCUT2D eigenvalue weighted by Crippen LogP contribution is 2.21. The number of benzene rings is 1. The van der Waals surface area contributed by atoms with Crippen LogP contribution in [0.25, 0.3) is 0 Å². The number of anilines is 2. The van der Waals surface area contributed by atoms with Gasteiger partial charge < -0.3 is 20.7 Å². The van der Waals surface area contributed by atoms with Crippen LogP contribution in [-0.4, -0.2) is 26.5 Å². The zero-order chi connectivity index (χ0) is 18.6. The highest BCUT2D eigenvalue weighted by atomic mass is 16.6. The third-order valence-electron chi connectivity index (χ3n) is 3.42. The number of amides is 2. The fourth-order valence-electron chi connectivity index (χ4n) is 1.99. The van der Waals surface area contributed by atoms with Gasteiger partial charge in [0.25, 0.3) is 0 Å². The van der Waals surface area contributed by atoms with Gasteiger partial charge in [0.1, 0.15) is 6.54 Å². The third kappa shape index (κ3) is 4.87. The first-order chi connectivity index (χ1) is 11.8. The molecule has 0 aliphatic carbocycles. The topological polar surface area (TPSA) is 119 Å². The molecular weight excluding hydrogens is 326 g/mol. The number of carbonyl (C=O) groups is 2. The summed E-state index contributed by atoms with van der Waals surface area (Å²) in [6.07, 6.45) is 1.36. The maximum atomic E-state index is 12.1. The molecule has 2 rings (SSSR count). The Kier molecular flexibility index (Phi) is 5.48. The van der Waals surface area contributed by atoms with Crippen LogP contribution in [0.4, 0.5) is 17.2 Å². The van der Waals surface area contributed by atoms with Gasteiger partial charge in [0, 0.05) is 17.3 Å². The Labute approximate surface area is 144 Å². The van der Waals surface area contributed by atoms with Crippen molar-refractivity contribution in [1.29, 1.82) is 0 Å². The third-order valence-corrected chi connectivity index (χ3v) is 3.42. The fourth-order valence-corrected chi connectivity index (χ4v) is 1.99. The van der Waals surface area contributed by atoms with E-state index in [-0.39, 0.29) is 30.1 Å². The summed E-state index contributed by atoms with van der Waals surface area (Å²) in [5.41, 5.74) is 1.95. The largest absolute Gasteiger partial charge is 0.389 e. The first-order valence-electron chi connectivity index (χ1n) is 7.65. The second-order valence-electron chi connectivity index (χ2n) is 5.85. The number of hydrogen-bond donors (Lipinski definition) is 2. The summed E-state index contributed by atoms with van der Waals surface area (Å²) < 4.78 is 1.19. The maximum absolute atomic E-state index is 12.1. The van der Waals surface area contributed by atoms with Crippen LogP contribution in [0.1, 0.15) is 19.4 Å². The molecule has 0 saturated carbocycles. The lowest BCUT2D eigenvalue weighted by atomic mass is 10.1. The van der Waals surface area contributed by atoms with Crippen molar-refractivity contribution in [3.63, 3.8) is 0 Å². The maximum Gasteiger partial charge on any atom is 0.389 e. The zero-order valence-corrected chi connectivity index (χ0v) is 14.1. The molecule has 0 atom stereocenters. The van der Waals surface area contributed by atoms with Gasteiger partial charge in [-0.15, -0.1) is 0 Å². The van der Waals surface area contributed by atoms with Crippen LogP contribution in [0.15, 0.2) is 30.5 Å². The Hall–Kier alpha value is -3.23. The zero-order valence-electron chi connectivity index (χ0n) is 14.1. The molecule has 1 heterocycles. The van der Waals surface area contributed by atoms with Gasteiger partial charge in [-0.05, 0) is 29.5 Å². The summed E-state index contributed by atoms with van der Waals surface area (Å²) in [6.45, 7) is 5.24. The smallest absolute Gasteiger partial charge is 0.358 e. The first kappa shape index (κ1) is 18.1. The average molecular weight is 345 g/mol. The van der Waals surface area contributed by atoms with Crippen LogP contribution in [0.5, 0.6) is 0 Å². The van der Waals surface area contributed by atoms with Gasteiger partial charge in [0.15, 0.2) is 0 Å². The fraction of sp³-hybridized carbons (Fsp3) is 0.312. The van der Waals surface area contributed by atoms with Crippen molar-refractivity contribution in [3.8, 4) is 0 Å². The molecule has 0 aliphatic rings. The van der Waals surface area contributed by atoms with Crippen molar-refractivity contribution >= 4 is 29.0 Å². The van der Waals surface area contributed by atoms with Gasteiger partial charge in [-0.1, -0.05) is 19.9 Å². The van der Waals surface area contributed by atoms with Crippen LogP contribution in [0, 0.1) is 23.0 Å². The Morgan fingerprint density at radius 1 is 1.28 bits per heavy atom. The number of aromatic nitrogens is 2. The molecule has 1 aromatic carbocycles. The minimum atomic E-state index is -0.626. The van der Waals surface area contributed by atoms with E-state index >= 15 is 0 Å². The monoisotopic (exact) mass is 345 g/mol. The van der Waals surface area contributed by atoms with E-state index in [2.05, 4.69) is 15.7 Å². The van der Waals surface area contributed by atoms with E-state index in [1.807, 2.05) is 6.92 Å². The SMILES string of the molecule is Cc1ccc(NC(=O)C(C)C)cc1NC(=O)Cn1ccc([N+](=O)[O-])n1. The van der Waals surface area contributed by atoms with Gasteiger partial charge in [0.05, 0.1) is 17.4 Å². The Morgan fingerprint density at radius 3 is 2.60 bits per heavy atom. The van der Waals surface area contributed by atoms with Crippen LogP contribution < -0.4 is 10.6 Å². The van der Waals surface area contributed by atoms with E-state index in [4.69, 9.17) is 0 Å². The molecule has 0 unspecified atom stereocenters. The number of rotatable bonds is 6. The number of carbonyl (C=O) groups excluding carboxylic acids is 2. The van der Waals surface area contributed by atoms with Crippen molar-refractivity contribution < 1.29 is 14.5 Å². The molecule has 25 heavy (non-hydrogen) atoms. The van der Waals surface area contributed by atoms with Gasteiger partial charge in [-0.3, -0.25) is 9.59 Å². The van der Waals surface area contributed by atoms with Crippen molar-refractivity contribution in [2.75, 3.05) is 10.6 Å². The first-order valence-corrected chi connectivity index (χ1v) is 7.65. The number of nitrogens with zero attached hydrogens (tertiary/aromatic N) is 3. The highest BCUT2D eigenvalue weighted by molar-refractivity contribution is 5.95. The molecule has 0 aliphatic heterocycles. The number of nitrogens with one attached hydrogen (secondary N) is 2. The minimum absolute atomic E-state index is 0.120. The van der Waals surface area contributed by atoms with Crippen LogP contribution in [0.3, 0.4) is 0 Å². The molecule has 9 heteroatoms. The molecule has 0 bridgehead atoms. The lowest BCUT2D eigenvalue weighted by Crippen LogP contribution is -2.20. The molecule has 9 nitrogen and oxygen atoms in total. The van der Waals surface area contributed by atoms with Crippen LogP contribution in [-0.2, 0) is 16.1 Å². The van der Waals surface area contributed by atoms with Crippen LogP contribution in [0.2, 0.25) is 0 Å². The van der Waals surface area contributed by atoms with E-state index in [0.717, 1.165) is 5.56 Å². The van der Waals surface area contributed by atoms with Crippen LogP contribution >= 0.6 is 0 Å². The quantitative estimate of drug-likeness (QED) is 0.615. The molecule has 2 amide bonds. The molecule has 0 fully saturated rings. The summed E-state index contributed by atoms with van der Waals surface area (Å²) in [6, 6.07) is 6.42. The molecule has 2 aromatic rings. The Bertz CT molecular complexity index is 813. The van der Waals surface area contributed by atoms with Crippen molar-refractivity contribution in [3.05, 3.63) is 46.1 Å². The molecule has 1 aromatic heterocycles. The molecule has 0 radical (unpaired) electrons. The Balaban J connectivity index is 2.06. The summed E-state index contributed by atoms with van der Waals surface area (Å²) in [4.78, 5) is 33.9. The normalized spacial score (nSPS) is 10.6. The highest BCUT2D eigenvalue weighted by Gasteiger charge is 2.14. The van der Waals surface area contributed by atoms with Crippen molar-refractivity contribution in [1.82, 2.24) is 9.78 Å². The molecule has 132 valence electrons. The lowest BCUT2D eigenvalue weighted by Gasteiger charge is -2.12. The summed E-state index contributed by atoms with van der Waals surface area (Å²) in [7, 11) is 0. The second kappa shape index (κ2) is 7.56. The summed E-state index contributed by atoms with van der Waals surface area (Å²) in [5, 5.41) is 19.8. The number of hydrogen-bond acceptors (Lipinski definition) is 5.